The maximum atomic E-state index is 13.7. The topological polar surface area (TPSA) is 61.7 Å². The van der Waals surface area contributed by atoms with Crippen molar-refractivity contribution < 1.29 is 40.7 Å². The summed E-state index contributed by atoms with van der Waals surface area (Å²) in [5, 5.41) is 12.4. The van der Waals surface area contributed by atoms with Crippen LogP contribution >= 0.6 is 11.8 Å². The second kappa shape index (κ2) is 9.54. The number of aliphatic hydroxyl groups is 1. The van der Waals surface area contributed by atoms with Crippen molar-refractivity contribution in [2.75, 3.05) is 19.6 Å². The fraction of sp³-hybridized carbons (Fsp3) is 0.545. The Morgan fingerprint density at radius 3 is 2.29 bits per heavy atom. The number of quaternary nitrogens is 1. The van der Waals surface area contributed by atoms with E-state index in [0.29, 0.717) is 36.9 Å². The predicted molar refractivity (Wildman–Crippen MR) is 117 cm³/mol. The van der Waals surface area contributed by atoms with Crippen LogP contribution in [0.3, 0.4) is 0 Å². The van der Waals surface area contributed by atoms with Crippen LogP contribution in [0, 0.1) is 0 Å². The number of alkyl halides is 6. The van der Waals surface area contributed by atoms with Crippen LogP contribution in [0.15, 0.2) is 34.3 Å². The summed E-state index contributed by atoms with van der Waals surface area (Å²) >= 11 is 0.830. The molecule has 12 heteroatoms. The van der Waals surface area contributed by atoms with Crippen molar-refractivity contribution in [2.45, 2.75) is 57.6 Å². The van der Waals surface area contributed by atoms with Crippen LogP contribution in [-0.2, 0) is 18.9 Å². The smallest absolute Gasteiger partial charge is 0.389 e. The first-order valence-corrected chi connectivity index (χ1v) is 11.5. The Kier molecular flexibility index (Phi) is 7.45. The van der Waals surface area contributed by atoms with E-state index in [1.807, 2.05) is 0 Å². The van der Waals surface area contributed by atoms with Crippen molar-refractivity contribution in [1.29, 1.82) is 0 Å². The second-order valence-electron chi connectivity index (χ2n) is 9.24. The zero-order valence-corrected chi connectivity index (χ0v) is 19.5. The van der Waals surface area contributed by atoms with Crippen LogP contribution in [0.5, 0.6) is 0 Å². The van der Waals surface area contributed by atoms with Crippen LogP contribution in [0.2, 0.25) is 0 Å². The Balaban J connectivity index is 2.00. The van der Waals surface area contributed by atoms with E-state index >= 15 is 0 Å². The van der Waals surface area contributed by atoms with Gasteiger partial charge in [0.05, 0.1) is 29.8 Å². The van der Waals surface area contributed by atoms with E-state index in [1.54, 1.807) is 20.0 Å². The number of likely N-dealkylation sites (tertiary alicyclic amines) is 1. The molecule has 2 aliphatic rings. The molecule has 0 spiro atoms. The van der Waals surface area contributed by atoms with Crippen molar-refractivity contribution >= 4 is 22.8 Å². The fourth-order valence-electron chi connectivity index (χ4n) is 4.04. The third kappa shape index (κ3) is 6.76. The lowest BCUT2D eigenvalue weighted by atomic mass is 9.99. The number of nitrogens with zero attached hydrogens (tertiary/aromatic N) is 2. The molecule has 2 aliphatic heterocycles. The number of thioether (sulfide) groups is 1. The van der Waals surface area contributed by atoms with Crippen LogP contribution in [0.4, 0.5) is 31.1 Å². The van der Waals surface area contributed by atoms with E-state index in [-0.39, 0.29) is 35.0 Å². The minimum atomic E-state index is -4.96. The summed E-state index contributed by atoms with van der Waals surface area (Å²) in [5.41, 5.74) is -4.00. The number of halogens is 6. The minimum Gasteiger partial charge on any atom is -0.389 e. The molecule has 5 nitrogen and oxygen atoms in total. The average molecular weight is 511 g/mol. The Labute approximate surface area is 197 Å². The molecule has 0 saturated carbocycles. The highest BCUT2D eigenvalue weighted by Crippen LogP contribution is 2.39. The average Bonchev–Trinajstić information content (AvgIpc) is 3.04. The van der Waals surface area contributed by atoms with Gasteiger partial charge in [0.2, 0.25) is 0 Å². The lowest BCUT2D eigenvalue weighted by molar-refractivity contribution is -0.897. The SMILES string of the molecule is CC(C)(O)CNC1=NC(=O)S/C1=C\[N+]1(Cc2ccc(C(F)(F)F)cc2C(F)(F)F)CCCCC1. The number of carbonyl (C=O) groups is 1. The first-order valence-electron chi connectivity index (χ1n) is 10.7. The summed E-state index contributed by atoms with van der Waals surface area (Å²) in [4.78, 5) is 16.3. The molecule has 3 rings (SSSR count). The molecule has 0 atom stereocenters. The molecule has 0 aliphatic carbocycles. The molecule has 0 radical (unpaired) electrons. The van der Waals surface area contributed by atoms with E-state index in [2.05, 4.69) is 10.3 Å². The van der Waals surface area contributed by atoms with E-state index < -0.39 is 34.3 Å². The Bertz CT molecular complexity index is 990. The molecular weight excluding hydrogens is 484 g/mol. The van der Waals surface area contributed by atoms with Crippen molar-refractivity contribution in [3.63, 3.8) is 0 Å². The lowest BCUT2D eigenvalue weighted by Gasteiger charge is -2.39. The number of amidine groups is 1. The number of hydrogen-bond donors (Lipinski definition) is 2. The van der Waals surface area contributed by atoms with Gasteiger partial charge < -0.3 is 10.4 Å². The monoisotopic (exact) mass is 510 g/mol. The van der Waals surface area contributed by atoms with E-state index in [0.717, 1.165) is 24.2 Å². The largest absolute Gasteiger partial charge is 0.416 e. The summed E-state index contributed by atoms with van der Waals surface area (Å²) in [6.07, 6.45) is -5.85. The van der Waals surface area contributed by atoms with Crippen molar-refractivity contribution in [1.82, 2.24) is 5.32 Å². The second-order valence-corrected chi connectivity index (χ2v) is 10.2. The highest BCUT2D eigenvalue weighted by Gasteiger charge is 2.41. The van der Waals surface area contributed by atoms with Gasteiger partial charge in [0, 0.05) is 12.1 Å². The first-order chi connectivity index (χ1) is 15.6. The Morgan fingerprint density at radius 2 is 1.74 bits per heavy atom. The van der Waals surface area contributed by atoms with Crippen LogP contribution in [0.1, 0.15) is 49.8 Å². The van der Waals surface area contributed by atoms with Gasteiger partial charge >= 0.3 is 17.6 Å². The molecule has 0 aromatic heterocycles. The Morgan fingerprint density at radius 1 is 1.09 bits per heavy atom. The van der Waals surface area contributed by atoms with Gasteiger partial charge in [0.25, 0.3) is 0 Å². The molecule has 2 heterocycles. The number of carbonyl (C=O) groups excluding carboxylic acids is 1. The number of nitrogens with one attached hydrogen (secondary N) is 1. The van der Waals surface area contributed by atoms with Gasteiger partial charge in [0.1, 0.15) is 17.6 Å². The maximum Gasteiger partial charge on any atom is 0.416 e. The normalized spacial score (nSPS) is 20.6. The van der Waals surface area contributed by atoms with Gasteiger partial charge in [-0.2, -0.15) is 31.3 Å². The van der Waals surface area contributed by atoms with Gasteiger partial charge in [-0.25, -0.2) is 0 Å². The van der Waals surface area contributed by atoms with Crippen LogP contribution < -0.4 is 5.32 Å². The molecule has 1 fully saturated rings. The van der Waals surface area contributed by atoms with Crippen LogP contribution in [0.25, 0.3) is 0 Å². The van der Waals surface area contributed by atoms with E-state index in [1.165, 1.54) is 0 Å². The number of rotatable bonds is 5. The molecule has 1 saturated heterocycles. The number of aliphatic imine (C=N–C) groups is 1. The van der Waals surface area contributed by atoms with Crippen molar-refractivity contribution in [3.05, 3.63) is 46.0 Å². The zero-order valence-electron chi connectivity index (χ0n) is 18.7. The van der Waals surface area contributed by atoms with Gasteiger partial charge in [-0.3, -0.25) is 9.28 Å². The summed E-state index contributed by atoms with van der Waals surface area (Å²) in [5.74, 6) is 0.226. The van der Waals surface area contributed by atoms with Crippen molar-refractivity contribution in [3.8, 4) is 0 Å². The minimum absolute atomic E-state index is 0.0489. The standard InChI is InChI=1S/C22H25F6N3O2S/c1-20(2,33)13-29-18-17(34-19(32)30-18)12-31(8-4-3-5-9-31)11-14-6-7-15(21(23,24)25)10-16(14)22(26,27)28/h6-7,10,12,33H,3-5,8-9,11,13H2,1-2H3/p+1/b17-12-. The molecular formula is C22H26F6N3O2S+. The van der Waals surface area contributed by atoms with E-state index in [4.69, 9.17) is 0 Å². The molecule has 34 heavy (non-hydrogen) atoms. The summed E-state index contributed by atoms with van der Waals surface area (Å²) in [6.45, 7) is 3.98. The summed E-state index contributed by atoms with van der Waals surface area (Å²) < 4.78 is 80.5. The van der Waals surface area contributed by atoms with Gasteiger partial charge in [-0.05, 0) is 57.0 Å². The van der Waals surface area contributed by atoms with Gasteiger partial charge in [0.15, 0.2) is 5.84 Å². The number of hydrogen-bond acceptors (Lipinski definition) is 4. The van der Waals surface area contributed by atoms with Crippen molar-refractivity contribution in [2.24, 2.45) is 4.99 Å². The molecule has 1 amide bonds. The van der Waals surface area contributed by atoms with Crippen LogP contribution in [-0.4, -0.2) is 45.9 Å². The third-order valence-electron chi connectivity index (χ3n) is 5.65. The predicted octanol–water partition coefficient (Wildman–Crippen LogP) is 5.69. The number of amides is 1. The molecule has 1 aromatic rings. The molecule has 0 bridgehead atoms. The summed E-state index contributed by atoms with van der Waals surface area (Å²) in [7, 11) is 0. The van der Waals surface area contributed by atoms with E-state index in [9.17, 15) is 36.2 Å². The molecule has 2 N–H and O–H groups in total. The molecule has 188 valence electrons. The third-order valence-corrected chi connectivity index (χ3v) is 6.43. The molecule has 0 unspecified atom stereocenters. The van der Waals surface area contributed by atoms with Gasteiger partial charge in [-0.1, -0.05) is 6.07 Å². The molecule has 1 aromatic carbocycles. The fourth-order valence-corrected chi connectivity index (χ4v) is 4.86. The Hall–Kier alpha value is -2.05. The quantitative estimate of drug-likeness (QED) is 0.395. The van der Waals surface area contributed by atoms with Gasteiger partial charge in [-0.15, -0.1) is 0 Å². The lowest BCUT2D eigenvalue weighted by Crippen LogP contribution is -2.47. The number of benzene rings is 1. The first kappa shape index (κ1) is 26.6. The highest BCUT2D eigenvalue weighted by atomic mass is 32.2. The zero-order chi connectivity index (χ0) is 25.4. The highest BCUT2D eigenvalue weighted by molar-refractivity contribution is 8.18. The maximum absolute atomic E-state index is 13.7. The number of piperidine rings is 1. The summed E-state index contributed by atoms with van der Waals surface area (Å²) in [6, 6.07) is 1.73.